The van der Waals surface area contributed by atoms with Crippen molar-refractivity contribution in [2.24, 2.45) is 0 Å². The van der Waals surface area contributed by atoms with Crippen LogP contribution in [0.2, 0.25) is 5.02 Å². The van der Waals surface area contributed by atoms with Crippen molar-refractivity contribution in [3.05, 3.63) is 22.3 Å². The van der Waals surface area contributed by atoms with E-state index in [1.54, 1.807) is 0 Å². The Kier molecular flexibility index (Phi) is 3.27. The zero-order valence-electron chi connectivity index (χ0n) is 6.40. The topological polar surface area (TPSA) is 38.9 Å². The maximum atomic E-state index is 12.2. The second-order valence-corrected chi connectivity index (χ2v) is 3.00. The summed E-state index contributed by atoms with van der Waals surface area (Å²) in [5.41, 5.74) is 5.31. The second-order valence-electron chi connectivity index (χ2n) is 2.33. The van der Waals surface area contributed by atoms with Gasteiger partial charge in [-0.25, -0.2) is 13.8 Å². The van der Waals surface area contributed by atoms with Gasteiger partial charge in [-0.15, -0.1) is 11.6 Å². The molecule has 0 unspecified atom stereocenters. The lowest BCUT2D eigenvalue weighted by Crippen LogP contribution is -2.01. The number of pyridine rings is 1. The summed E-state index contributed by atoms with van der Waals surface area (Å²) >= 11 is 11.1. The van der Waals surface area contributed by atoms with Gasteiger partial charge in [0.05, 0.1) is 10.9 Å². The van der Waals surface area contributed by atoms with Crippen LogP contribution in [0.4, 0.5) is 14.6 Å². The number of nitrogens with zero attached hydrogens (tertiary/aromatic N) is 1. The van der Waals surface area contributed by atoms with E-state index in [0.717, 1.165) is 6.07 Å². The molecule has 1 rings (SSSR count). The summed E-state index contributed by atoms with van der Waals surface area (Å²) in [7, 11) is 0. The summed E-state index contributed by atoms with van der Waals surface area (Å²) in [5.74, 6) is 0.0130. The Morgan fingerprint density at radius 2 is 2.15 bits per heavy atom. The molecular weight excluding hydrogens is 221 g/mol. The molecule has 0 aliphatic carbocycles. The molecule has 1 heterocycles. The molecular formula is C7H6Cl2F2N2. The van der Waals surface area contributed by atoms with Crippen LogP contribution in [0.3, 0.4) is 0 Å². The SMILES string of the molecule is Nc1nc(C(F)F)cc(Cl)c1CCl. The number of alkyl halides is 3. The first-order valence-electron chi connectivity index (χ1n) is 3.35. The first-order chi connectivity index (χ1) is 6.06. The third kappa shape index (κ3) is 2.19. The highest BCUT2D eigenvalue weighted by atomic mass is 35.5. The van der Waals surface area contributed by atoms with Crippen LogP contribution in [-0.2, 0) is 5.88 Å². The van der Waals surface area contributed by atoms with Crippen molar-refractivity contribution in [1.82, 2.24) is 4.98 Å². The van der Waals surface area contributed by atoms with Crippen molar-refractivity contribution in [1.29, 1.82) is 0 Å². The van der Waals surface area contributed by atoms with Crippen LogP contribution < -0.4 is 5.73 Å². The zero-order valence-corrected chi connectivity index (χ0v) is 7.91. The average molecular weight is 227 g/mol. The van der Waals surface area contributed by atoms with Crippen LogP contribution in [-0.4, -0.2) is 4.98 Å². The van der Waals surface area contributed by atoms with Crippen LogP contribution >= 0.6 is 23.2 Å². The minimum atomic E-state index is -2.68. The fourth-order valence-corrected chi connectivity index (χ4v) is 1.45. The molecule has 0 aromatic carbocycles. The highest BCUT2D eigenvalue weighted by molar-refractivity contribution is 6.32. The maximum absolute atomic E-state index is 12.2. The Hall–Kier alpha value is -0.610. The molecule has 0 saturated heterocycles. The lowest BCUT2D eigenvalue weighted by Gasteiger charge is -2.06. The van der Waals surface area contributed by atoms with E-state index in [9.17, 15) is 8.78 Å². The molecule has 2 N–H and O–H groups in total. The van der Waals surface area contributed by atoms with Gasteiger partial charge in [0.2, 0.25) is 0 Å². The van der Waals surface area contributed by atoms with E-state index in [0.29, 0.717) is 5.56 Å². The molecule has 0 bridgehead atoms. The van der Waals surface area contributed by atoms with Gasteiger partial charge in [-0.05, 0) is 6.07 Å². The summed E-state index contributed by atoms with van der Waals surface area (Å²) in [6.07, 6.45) is -2.68. The van der Waals surface area contributed by atoms with Gasteiger partial charge in [-0.2, -0.15) is 0 Å². The minimum absolute atomic E-state index is 0.0437. The second kappa shape index (κ2) is 4.07. The molecule has 0 saturated carbocycles. The lowest BCUT2D eigenvalue weighted by atomic mass is 10.2. The Labute approximate surface area is 83.7 Å². The first kappa shape index (κ1) is 10.5. The molecule has 0 aliphatic rings. The van der Waals surface area contributed by atoms with E-state index in [-0.39, 0.29) is 16.7 Å². The molecule has 0 atom stereocenters. The van der Waals surface area contributed by atoms with Gasteiger partial charge < -0.3 is 5.73 Å². The van der Waals surface area contributed by atoms with Crippen LogP contribution in [0.15, 0.2) is 6.07 Å². The Morgan fingerprint density at radius 3 is 2.54 bits per heavy atom. The van der Waals surface area contributed by atoms with Gasteiger partial charge in [0, 0.05) is 5.56 Å². The molecule has 0 aliphatic heterocycles. The Morgan fingerprint density at radius 1 is 1.54 bits per heavy atom. The molecule has 1 aromatic heterocycles. The number of aromatic nitrogens is 1. The monoisotopic (exact) mass is 226 g/mol. The normalized spacial score (nSPS) is 10.8. The molecule has 6 heteroatoms. The van der Waals surface area contributed by atoms with Gasteiger partial charge >= 0.3 is 0 Å². The summed E-state index contributed by atoms with van der Waals surface area (Å²) in [5, 5.41) is 0.123. The molecule has 0 spiro atoms. The summed E-state index contributed by atoms with van der Waals surface area (Å²) < 4.78 is 24.3. The molecule has 13 heavy (non-hydrogen) atoms. The largest absolute Gasteiger partial charge is 0.383 e. The van der Waals surface area contributed by atoms with Crippen LogP contribution in [0, 0.1) is 0 Å². The standard InChI is InChI=1S/C7H6Cl2F2N2/c8-2-3-4(9)1-5(6(10)11)13-7(3)12/h1,6H,2H2,(H2,12,13). The quantitative estimate of drug-likeness (QED) is 0.788. The highest BCUT2D eigenvalue weighted by Gasteiger charge is 2.14. The maximum Gasteiger partial charge on any atom is 0.280 e. The molecule has 2 nitrogen and oxygen atoms in total. The summed E-state index contributed by atoms with van der Waals surface area (Å²) in [4.78, 5) is 3.46. The fraction of sp³-hybridized carbons (Fsp3) is 0.286. The predicted molar refractivity (Wildman–Crippen MR) is 48.2 cm³/mol. The number of nitrogen functional groups attached to an aromatic ring is 1. The van der Waals surface area contributed by atoms with E-state index in [1.165, 1.54) is 0 Å². The van der Waals surface area contributed by atoms with Crippen LogP contribution in [0.5, 0.6) is 0 Å². The van der Waals surface area contributed by atoms with Crippen molar-refractivity contribution in [3.63, 3.8) is 0 Å². The number of nitrogens with two attached hydrogens (primary N) is 1. The Balaban J connectivity index is 3.20. The van der Waals surface area contributed by atoms with E-state index in [1.807, 2.05) is 0 Å². The van der Waals surface area contributed by atoms with Crippen LogP contribution in [0.1, 0.15) is 17.7 Å². The molecule has 0 radical (unpaired) electrons. The predicted octanol–water partition coefficient (Wildman–Crippen LogP) is 2.99. The van der Waals surface area contributed by atoms with Crippen LogP contribution in [0.25, 0.3) is 0 Å². The smallest absolute Gasteiger partial charge is 0.280 e. The van der Waals surface area contributed by atoms with Crippen molar-refractivity contribution in [3.8, 4) is 0 Å². The molecule has 1 aromatic rings. The summed E-state index contributed by atoms with van der Waals surface area (Å²) in [6, 6.07) is 1.07. The molecule has 0 fully saturated rings. The van der Waals surface area contributed by atoms with Gasteiger partial charge in [0.25, 0.3) is 6.43 Å². The number of hydrogen-bond acceptors (Lipinski definition) is 2. The van der Waals surface area contributed by atoms with E-state index >= 15 is 0 Å². The third-order valence-electron chi connectivity index (χ3n) is 1.48. The minimum Gasteiger partial charge on any atom is -0.383 e. The van der Waals surface area contributed by atoms with Crippen molar-refractivity contribution in [2.45, 2.75) is 12.3 Å². The van der Waals surface area contributed by atoms with E-state index < -0.39 is 12.1 Å². The number of anilines is 1. The van der Waals surface area contributed by atoms with Gasteiger partial charge in [0.1, 0.15) is 11.5 Å². The molecule has 0 amide bonds. The first-order valence-corrected chi connectivity index (χ1v) is 4.26. The van der Waals surface area contributed by atoms with Crippen molar-refractivity contribution < 1.29 is 8.78 Å². The number of halogens is 4. The number of hydrogen-bond donors (Lipinski definition) is 1. The number of rotatable bonds is 2. The van der Waals surface area contributed by atoms with Crippen molar-refractivity contribution in [2.75, 3.05) is 5.73 Å². The Bertz CT molecular complexity index is 294. The van der Waals surface area contributed by atoms with Crippen molar-refractivity contribution >= 4 is 29.0 Å². The fourth-order valence-electron chi connectivity index (χ4n) is 0.822. The van der Waals surface area contributed by atoms with Gasteiger partial charge in [-0.3, -0.25) is 0 Å². The average Bonchev–Trinajstić information content (AvgIpc) is 2.03. The van der Waals surface area contributed by atoms with Gasteiger partial charge in [0.15, 0.2) is 0 Å². The van der Waals surface area contributed by atoms with Gasteiger partial charge in [-0.1, -0.05) is 11.6 Å². The molecule has 72 valence electrons. The van der Waals surface area contributed by atoms with E-state index in [4.69, 9.17) is 28.9 Å². The third-order valence-corrected chi connectivity index (χ3v) is 2.08. The summed E-state index contributed by atoms with van der Waals surface area (Å²) in [6.45, 7) is 0. The lowest BCUT2D eigenvalue weighted by molar-refractivity contribution is 0.146. The van der Waals surface area contributed by atoms with E-state index in [2.05, 4.69) is 4.98 Å². The highest BCUT2D eigenvalue weighted by Crippen LogP contribution is 2.27. The zero-order chi connectivity index (χ0) is 10.0.